The van der Waals surface area contributed by atoms with Gasteiger partial charge in [0.25, 0.3) is 0 Å². The Labute approximate surface area is 77.5 Å². The molecule has 1 aromatic rings. The second-order valence-corrected chi connectivity index (χ2v) is 2.71. The van der Waals surface area contributed by atoms with E-state index in [0.29, 0.717) is 6.07 Å². The standard InChI is InChI=1S/C8H7F3N2O/c9-8(10,11)5-1-4(7(13)14)2-6(12)3-5/h1-3H,12H2,(H2,13,14). The second-order valence-electron chi connectivity index (χ2n) is 2.71. The average Bonchev–Trinajstić information content (AvgIpc) is 2.01. The summed E-state index contributed by atoms with van der Waals surface area (Å²) in [5, 5.41) is 0. The molecule has 0 saturated carbocycles. The zero-order valence-corrected chi connectivity index (χ0v) is 6.93. The normalized spacial score (nSPS) is 11.4. The molecule has 0 atom stereocenters. The van der Waals surface area contributed by atoms with Gasteiger partial charge in [-0.15, -0.1) is 0 Å². The molecule has 0 aliphatic heterocycles. The largest absolute Gasteiger partial charge is 0.416 e. The lowest BCUT2D eigenvalue weighted by atomic mass is 10.1. The van der Waals surface area contributed by atoms with E-state index in [4.69, 9.17) is 11.5 Å². The van der Waals surface area contributed by atoms with Crippen LogP contribution in [-0.4, -0.2) is 5.91 Å². The lowest BCUT2D eigenvalue weighted by Gasteiger charge is -2.08. The van der Waals surface area contributed by atoms with Crippen molar-refractivity contribution in [3.8, 4) is 0 Å². The smallest absolute Gasteiger partial charge is 0.399 e. The number of anilines is 1. The Hall–Kier alpha value is -1.72. The Morgan fingerprint density at radius 2 is 1.79 bits per heavy atom. The number of carbonyl (C=O) groups excluding carboxylic acids is 1. The van der Waals surface area contributed by atoms with Crippen LogP contribution in [0.3, 0.4) is 0 Å². The predicted molar refractivity (Wildman–Crippen MR) is 44.4 cm³/mol. The summed E-state index contributed by atoms with van der Waals surface area (Å²) in [7, 11) is 0. The first-order chi connectivity index (χ1) is 6.30. The van der Waals surface area contributed by atoms with Crippen molar-refractivity contribution in [3.63, 3.8) is 0 Å². The van der Waals surface area contributed by atoms with Gasteiger partial charge in [0.2, 0.25) is 5.91 Å². The summed E-state index contributed by atoms with van der Waals surface area (Å²) in [4.78, 5) is 10.6. The fraction of sp³-hybridized carbons (Fsp3) is 0.125. The number of hydrogen-bond acceptors (Lipinski definition) is 2. The van der Waals surface area contributed by atoms with Crippen molar-refractivity contribution in [2.24, 2.45) is 5.73 Å². The summed E-state index contributed by atoms with van der Waals surface area (Å²) in [5.41, 5.74) is 8.64. The van der Waals surface area contributed by atoms with Gasteiger partial charge in [-0.2, -0.15) is 13.2 Å². The molecule has 1 aromatic carbocycles. The lowest BCUT2D eigenvalue weighted by molar-refractivity contribution is -0.137. The van der Waals surface area contributed by atoms with E-state index in [9.17, 15) is 18.0 Å². The first kappa shape index (κ1) is 10.4. The van der Waals surface area contributed by atoms with Gasteiger partial charge in [-0.05, 0) is 18.2 Å². The quantitative estimate of drug-likeness (QED) is 0.678. The van der Waals surface area contributed by atoms with Gasteiger partial charge >= 0.3 is 6.18 Å². The van der Waals surface area contributed by atoms with Gasteiger partial charge in [0.1, 0.15) is 0 Å². The van der Waals surface area contributed by atoms with Crippen molar-refractivity contribution in [3.05, 3.63) is 29.3 Å². The molecule has 6 heteroatoms. The summed E-state index contributed by atoms with van der Waals surface area (Å²) in [5.74, 6) is -0.942. The summed E-state index contributed by atoms with van der Waals surface area (Å²) in [6, 6.07) is 2.50. The Bertz CT molecular complexity index is 373. The molecule has 0 unspecified atom stereocenters. The highest BCUT2D eigenvalue weighted by molar-refractivity contribution is 5.93. The molecule has 0 fully saturated rings. The number of rotatable bonds is 1. The van der Waals surface area contributed by atoms with Gasteiger partial charge in [0, 0.05) is 11.3 Å². The molecule has 4 N–H and O–H groups in total. The zero-order valence-electron chi connectivity index (χ0n) is 6.93. The first-order valence-electron chi connectivity index (χ1n) is 3.58. The van der Waals surface area contributed by atoms with Gasteiger partial charge in [0.15, 0.2) is 0 Å². The monoisotopic (exact) mass is 204 g/mol. The fourth-order valence-corrected chi connectivity index (χ4v) is 0.958. The van der Waals surface area contributed by atoms with E-state index in [2.05, 4.69) is 0 Å². The van der Waals surface area contributed by atoms with Crippen LogP contribution in [0.25, 0.3) is 0 Å². The molecule has 3 nitrogen and oxygen atoms in total. The number of alkyl halides is 3. The number of hydrogen-bond donors (Lipinski definition) is 2. The van der Waals surface area contributed by atoms with E-state index >= 15 is 0 Å². The Balaban J connectivity index is 3.28. The van der Waals surface area contributed by atoms with Gasteiger partial charge in [-0.3, -0.25) is 4.79 Å². The maximum absolute atomic E-state index is 12.2. The molecule has 76 valence electrons. The van der Waals surface area contributed by atoms with Crippen molar-refractivity contribution in [1.82, 2.24) is 0 Å². The number of benzene rings is 1. The highest BCUT2D eigenvalue weighted by atomic mass is 19.4. The van der Waals surface area contributed by atoms with Gasteiger partial charge in [-0.25, -0.2) is 0 Å². The minimum absolute atomic E-state index is 0.145. The highest BCUT2D eigenvalue weighted by Gasteiger charge is 2.31. The molecule has 0 saturated heterocycles. The van der Waals surface area contributed by atoms with Crippen LogP contribution in [0, 0.1) is 0 Å². The van der Waals surface area contributed by atoms with Crippen LogP contribution in [0.5, 0.6) is 0 Å². The number of primary amides is 1. The third-order valence-corrected chi connectivity index (χ3v) is 1.57. The van der Waals surface area contributed by atoms with E-state index < -0.39 is 17.6 Å². The molecular weight excluding hydrogens is 197 g/mol. The topological polar surface area (TPSA) is 69.1 Å². The average molecular weight is 204 g/mol. The van der Waals surface area contributed by atoms with Crippen LogP contribution in [0.1, 0.15) is 15.9 Å². The minimum atomic E-state index is -4.53. The third kappa shape index (κ3) is 2.15. The molecule has 14 heavy (non-hydrogen) atoms. The lowest BCUT2D eigenvalue weighted by Crippen LogP contribution is -2.14. The fourth-order valence-electron chi connectivity index (χ4n) is 0.958. The maximum Gasteiger partial charge on any atom is 0.416 e. The van der Waals surface area contributed by atoms with E-state index in [1.54, 1.807) is 0 Å². The Morgan fingerprint density at radius 1 is 1.21 bits per heavy atom. The molecule has 0 aromatic heterocycles. The van der Waals surface area contributed by atoms with Crippen molar-refractivity contribution >= 4 is 11.6 Å². The number of halogens is 3. The van der Waals surface area contributed by atoms with E-state index in [1.165, 1.54) is 0 Å². The second kappa shape index (κ2) is 3.21. The molecule has 0 aliphatic carbocycles. The van der Waals surface area contributed by atoms with Crippen LogP contribution in [0.15, 0.2) is 18.2 Å². The van der Waals surface area contributed by atoms with Crippen LogP contribution < -0.4 is 11.5 Å². The number of nitrogen functional groups attached to an aromatic ring is 1. The third-order valence-electron chi connectivity index (χ3n) is 1.57. The molecular formula is C8H7F3N2O. The number of amides is 1. The Kier molecular flexibility index (Phi) is 2.37. The molecule has 0 radical (unpaired) electrons. The van der Waals surface area contributed by atoms with Gasteiger partial charge in [-0.1, -0.05) is 0 Å². The SMILES string of the molecule is NC(=O)c1cc(N)cc(C(F)(F)F)c1. The summed E-state index contributed by atoms with van der Waals surface area (Å²) in [6.07, 6.45) is -4.53. The zero-order chi connectivity index (χ0) is 10.9. The maximum atomic E-state index is 12.2. The van der Waals surface area contributed by atoms with Crippen molar-refractivity contribution in [1.29, 1.82) is 0 Å². The molecule has 0 bridgehead atoms. The molecule has 0 spiro atoms. The molecule has 0 aliphatic rings. The van der Waals surface area contributed by atoms with E-state index in [-0.39, 0.29) is 11.3 Å². The predicted octanol–water partition coefficient (Wildman–Crippen LogP) is 1.39. The van der Waals surface area contributed by atoms with Crippen LogP contribution in [0.2, 0.25) is 0 Å². The van der Waals surface area contributed by atoms with Crippen molar-refractivity contribution < 1.29 is 18.0 Å². The van der Waals surface area contributed by atoms with E-state index in [1.807, 2.05) is 0 Å². The van der Waals surface area contributed by atoms with Crippen molar-refractivity contribution in [2.75, 3.05) is 5.73 Å². The van der Waals surface area contributed by atoms with Crippen LogP contribution in [0.4, 0.5) is 18.9 Å². The van der Waals surface area contributed by atoms with Crippen LogP contribution >= 0.6 is 0 Å². The molecule has 1 rings (SSSR count). The van der Waals surface area contributed by atoms with Gasteiger partial charge < -0.3 is 11.5 Å². The van der Waals surface area contributed by atoms with Crippen molar-refractivity contribution in [2.45, 2.75) is 6.18 Å². The summed E-state index contributed by atoms with van der Waals surface area (Å²) in [6.45, 7) is 0. The summed E-state index contributed by atoms with van der Waals surface area (Å²) < 4.78 is 36.6. The summed E-state index contributed by atoms with van der Waals surface area (Å²) >= 11 is 0. The van der Waals surface area contributed by atoms with E-state index in [0.717, 1.165) is 12.1 Å². The minimum Gasteiger partial charge on any atom is -0.399 e. The number of carbonyl (C=O) groups is 1. The number of nitrogens with two attached hydrogens (primary N) is 2. The van der Waals surface area contributed by atoms with Gasteiger partial charge in [0.05, 0.1) is 5.56 Å². The Morgan fingerprint density at radius 3 is 2.21 bits per heavy atom. The first-order valence-corrected chi connectivity index (χ1v) is 3.58. The molecule has 1 amide bonds. The van der Waals surface area contributed by atoms with Crippen LogP contribution in [-0.2, 0) is 6.18 Å². The molecule has 0 heterocycles. The highest BCUT2D eigenvalue weighted by Crippen LogP contribution is 2.31.